The predicted octanol–water partition coefficient (Wildman–Crippen LogP) is 3.79. The lowest BCUT2D eigenvalue weighted by Crippen LogP contribution is -2.01. The predicted molar refractivity (Wildman–Crippen MR) is 74.2 cm³/mol. The van der Waals surface area contributed by atoms with Crippen LogP contribution >= 0.6 is 15.9 Å². The summed E-state index contributed by atoms with van der Waals surface area (Å²) in [6.07, 6.45) is 0.762. The zero-order valence-corrected chi connectivity index (χ0v) is 11.3. The highest BCUT2D eigenvalue weighted by Crippen LogP contribution is 2.21. The van der Waals surface area contributed by atoms with Crippen molar-refractivity contribution in [2.45, 2.75) is 6.42 Å². The largest absolute Gasteiger partial charge is 0.493 e. The molecule has 0 aromatic heterocycles. The Morgan fingerprint density at radius 1 is 1.11 bits per heavy atom. The van der Waals surface area contributed by atoms with Gasteiger partial charge in [-0.3, -0.25) is 0 Å². The van der Waals surface area contributed by atoms with Crippen molar-refractivity contribution < 1.29 is 9.13 Å². The molecule has 0 saturated heterocycles. The first-order chi connectivity index (χ1) is 8.65. The summed E-state index contributed by atoms with van der Waals surface area (Å²) in [5.41, 5.74) is 7.49. The third kappa shape index (κ3) is 3.47. The smallest absolute Gasteiger partial charge is 0.141 e. The molecule has 2 N–H and O–H groups in total. The fourth-order valence-electron chi connectivity index (χ4n) is 1.54. The Kier molecular flexibility index (Phi) is 4.20. The van der Waals surface area contributed by atoms with Crippen LogP contribution in [0.25, 0.3) is 0 Å². The zero-order valence-electron chi connectivity index (χ0n) is 9.70. The molecule has 4 heteroatoms. The number of benzene rings is 2. The molecule has 0 aliphatic carbocycles. The molecule has 2 aromatic carbocycles. The highest BCUT2D eigenvalue weighted by atomic mass is 79.9. The van der Waals surface area contributed by atoms with Crippen LogP contribution in [0.15, 0.2) is 46.9 Å². The Morgan fingerprint density at radius 3 is 2.50 bits per heavy atom. The summed E-state index contributed by atoms with van der Waals surface area (Å²) >= 11 is 3.10. The maximum Gasteiger partial charge on any atom is 0.141 e. The minimum absolute atomic E-state index is 0.319. The molecule has 0 fully saturated rings. The van der Waals surface area contributed by atoms with Crippen molar-refractivity contribution in [3.63, 3.8) is 0 Å². The molecule has 0 saturated carbocycles. The van der Waals surface area contributed by atoms with Crippen molar-refractivity contribution in [1.29, 1.82) is 0 Å². The van der Waals surface area contributed by atoms with E-state index >= 15 is 0 Å². The van der Waals surface area contributed by atoms with E-state index < -0.39 is 0 Å². The van der Waals surface area contributed by atoms with Gasteiger partial charge in [-0.05, 0) is 45.8 Å². The molecule has 0 amide bonds. The van der Waals surface area contributed by atoms with E-state index in [-0.39, 0.29) is 5.82 Å². The summed E-state index contributed by atoms with van der Waals surface area (Å²) < 4.78 is 19.2. The lowest BCUT2D eigenvalue weighted by atomic mass is 10.1. The summed E-state index contributed by atoms with van der Waals surface area (Å²) in [6, 6.07) is 12.4. The third-order valence-corrected chi connectivity index (χ3v) is 3.17. The lowest BCUT2D eigenvalue weighted by molar-refractivity contribution is 0.320. The van der Waals surface area contributed by atoms with E-state index in [1.165, 1.54) is 6.07 Å². The molecular weight excluding hydrogens is 297 g/mol. The molecule has 0 atom stereocenters. The van der Waals surface area contributed by atoms with E-state index in [1.807, 2.05) is 24.3 Å². The van der Waals surface area contributed by atoms with Crippen LogP contribution in [0.1, 0.15) is 5.56 Å². The van der Waals surface area contributed by atoms with Crippen LogP contribution in [-0.2, 0) is 6.42 Å². The summed E-state index contributed by atoms with van der Waals surface area (Å²) in [5.74, 6) is 0.214. The molecular formula is C14H13BrFNO. The van der Waals surface area contributed by atoms with Gasteiger partial charge in [0.1, 0.15) is 11.6 Å². The van der Waals surface area contributed by atoms with Gasteiger partial charge in [0, 0.05) is 18.2 Å². The Labute approximate surface area is 114 Å². The second-order valence-corrected chi connectivity index (χ2v) is 4.77. The zero-order chi connectivity index (χ0) is 13.0. The molecule has 2 nitrogen and oxygen atoms in total. The molecule has 0 bridgehead atoms. The topological polar surface area (TPSA) is 35.2 Å². The standard InChI is InChI=1S/C14H13BrFNO/c15-13-6-5-12(9-14(13)16)18-8-7-10-1-3-11(17)4-2-10/h1-6,9H,7-8,17H2. The van der Waals surface area contributed by atoms with E-state index in [2.05, 4.69) is 15.9 Å². The average molecular weight is 310 g/mol. The van der Waals surface area contributed by atoms with Gasteiger partial charge in [0.05, 0.1) is 11.1 Å². The summed E-state index contributed by atoms with van der Waals surface area (Å²) in [6.45, 7) is 0.505. The molecule has 0 spiro atoms. The SMILES string of the molecule is Nc1ccc(CCOc2ccc(Br)c(F)c2)cc1. The first-order valence-corrected chi connectivity index (χ1v) is 6.37. The molecule has 18 heavy (non-hydrogen) atoms. The fraction of sp³-hybridized carbons (Fsp3) is 0.143. The molecule has 0 heterocycles. The van der Waals surface area contributed by atoms with Crippen molar-refractivity contribution in [2.24, 2.45) is 0 Å². The lowest BCUT2D eigenvalue weighted by Gasteiger charge is -2.07. The number of anilines is 1. The van der Waals surface area contributed by atoms with Gasteiger partial charge in [-0.1, -0.05) is 12.1 Å². The van der Waals surface area contributed by atoms with Crippen LogP contribution in [0.5, 0.6) is 5.75 Å². The second-order valence-electron chi connectivity index (χ2n) is 3.92. The Bertz CT molecular complexity index is 528. The van der Waals surface area contributed by atoms with Crippen molar-refractivity contribution in [2.75, 3.05) is 12.3 Å². The second kappa shape index (κ2) is 5.87. The van der Waals surface area contributed by atoms with Crippen molar-refractivity contribution in [1.82, 2.24) is 0 Å². The van der Waals surface area contributed by atoms with Crippen LogP contribution < -0.4 is 10.5 Å². The van der Waals surface area contributed by atoms with E-state index in [9.17, 15) is 4.39 Å². The number of hydrogen-bond donors (Lipinski definition) is 1. The average Bonchev–Trinajstić information content (AvgIpc) is 2.36. The van der Waals surface area contributed by atoms with Gasteiger partial charge in [0.15, 0.2) is 0 Å². The van der Waals surface area contributed by atoms with Gasteiger partial charge >= 0.3 is 0 Å². The number of hydrogen-bond acceptors (Lipinski definition) is 2. The molecule has 0 aliphatic rings. The number of ether oxygens (including phenoxy) is 1. The monoisotopic (exact) mass is 309 g/mol. The van der Waals surface area contributed by atoms with Crippen LogP contribution in [0.4, 0.5) is 10.1 Å². The highest BCUT2D eigenvalue weighted by molar-refractivity contribution is 9.10. The van der Waals surface area contributed by atoms with Gasteiger partial charge in [0.2, 0.25) is 0 Å². The van der Waals surface area contributed by atoms with E-state index in [1.54, 1.807) is 12.1 Å². The molecule has 0 aliphatic heterocycles. The minimum Gasteiger partial charge on any atom is -0.493 e. The summed E-state index contributed by atoms with van der Waals surface area (Å²) in [5, 5.41) is 0. The van der Waals surface area contributed by atoms with Crippen molar-refractivity contribution >= 4 is 21.6 Å². The highest BCUT2D eigenvalue weighted by Gasteiger charge is 2.01. The van der Waals surface area contributed by atoms with Gasteiger partial charge in [-0.2, -0.15) is 0 Å². The Morgan fingerprint density at radius 2 is 1.83 bits per heavy atom. The van der Waals surface area contributed by atoms with Crippen molar-refractivity contribution in [3.8, 4) is 5.75 Å². The Balaban J connectivity index is 1.88. The quantitative estimate of drug-likeness (QED) is 0.872. The summed E-state index contributed by atoms with van der Waals surface area (Å²) in [7, 11) is 0. The van der Waals surface area contributed by atoms with Crippen LogP contribution in [0.3, 0.4) is 0 Å². The van der Waals surface area contributed by atoms with Crippen LogP contribution in [-0.4, -0.2) is 6.61 Å². The molecule has 2 aromatic rings. The molecule has 94 valence electrons. The third-order valence-electron chi connectivity index (χ3n) is 2.53. The fourth-order valence-corrected chi connectivity index (χ4v) is 1.78. The van der Waals surface area contributed by atoms with E-state index in [0.29, 0.717) is 16.8 Å². The van der Waals surface area contributed by atoms with Crippen LogP contribution in [0, 0.1) is 5.82 Å². The van der Waals surface area contributed by atoms with E-state index in [4.69, 9.17) is 10.5 Å². The van der Waals surface area contributed by atoms with E-state index in [0.717, 1.165) is 17.7 Å². The molecule has 0 radical (unpaired) electrons. The van der Waals surface area contributed by atoms with Crippen molar-refractivity contribution in [3.05, 3.63) is 58.3 Å². The minimum atomic E-state index is -0.319. The number of nitrogens with two attached hydrogens (primary N) is 1. The Hall–Kier alpha value is -1.55. The van der Waals surface area contributed by atoms with Gasteiger partial charge in [-0.15, -0.1) is 0 Å². The summed E-state index contributed by atoms with van der Waals surface area (Å²) in [4.78, 5) is 0. The maximum atomic E-state index is 13.2. The first-order valence-electron chi connectivity index (χ1n) is 5.57. The van der Waals surface area contributed by atoms with Crippen LogP contribution in [0.2, 0.25) is 0 Å². The normalized spacial score (nSPS) is 10.3. The number of halogens is 2. The number of rotatable bonds is 4. The van der Waals surface area contributed by atoms with Gasteiger partial charge in [0.25, 0.3) is 0 Å². The van der Waals surface area contributed by atoms with Gasteiger partial charge in [-0.25, -0.2) is 4.39 Å². The first kappa shape index (κ1) is 12.9. The molecule has 0 unspecified atom stereocenters. The molecule has 2 rings (SSSR count). The maximum absolute atomic E-state index is 13.2. The number of nitrogen functional groups attached to an aromatic ring is 1. The van der Waals surface area contributed by atoms with Gasteiger partial charge < -0.3 is 10.5 Å².